The average Bonchev–Trinajstić information content (AvgIpc) is 2.60. The van der Waals surface area contributed by atoms with E-state index in [2.05, 4.69) is 4.98 Å². The molecule has 2 N–H and O–H groups in total. The van der Waals surface area contributed by atoms with Crippen LogP contribution in [-0.2, 0) is 16.6 Å². The Bertz CT molecular complexity index is 1210. The Kier molecular flexibility index (Phi) is 5.93. The van der Waals surface area contributed by atoms with Crippen molar-refractivity contribution >= 4 is 20.9 Å². The molecule has 6 nitrogen and oxygen atoms in total. The van der Waals surface area contributed by atoms with E-state index >= 15 is 0 Å². The zero-order valence-corrected chi connectivity index (χ0v) is 17.9. The Labute approximate surface area is 170 Å². The number of aromatic nitrogens is 1. The van der Waals surface area contributed by atoms with E-state index in [4.69, 9.17) is 0 Å². The quantitative estimate of drug-likeness (QED) is 0.649. The summed E-state index contributed by atoms with van der Waals surface area (Å²) in [6.07, 6.45) is 0. The molecule has 0 aliphatic carbocycles. The number of pyridine rings is 1. The second-order valence-electron chi connectivity index (χ2n) is 7.50. The Morgan fingerprint density at radius 1 is 0.966 bits per heavy atom. The van der Waals surface area contributed by atoms with Crippen molar-refractivity contribution in [2.45, 2.75) is 39.1 Å². The van der Waals surface area contributed by atoms with Crippen LogP contribution in [0.25, 0.3) is 10.9 Å². The lowest BCUT2D eigenvalue weighted by molar-refractivity contribution is 0.250. The zero-order valence-electron chi connectivity index (χ0n) is 17.1. The summed E-state index contributed by atoms with van der Waals surface area (Å²) in [5.74, 6) is 0. The third kappa shape index (κ3) is 4.27. The van der Waals surface area contributed by atoms with Gasteiger partial charge in [0.05, 0.1) is 11.5 Å². The van der Waals surface area contributed by atoms with Crippen LogP contribution in [0.5, 0.6) is 0 Å². The van der Waals surface area contributed by atoms with Gasteiger partial charge in [0.25, 0.3) is 5.56 Å². The molecule has 0 fully saturated rings. The first-order valence-electron chi connectivity index (χ1n) is 9.45. The summed E-state index contributed by atoms with van der Waals surface area (Å²) in [4.78, 5) is 15.6. The number of rotatable bonds is 6. The van der Waals surface area contributed by atoms with E-state index in [-0.39, 0.29) is 30.2 Å². The lowest BCUT2D eigenvalue weighted by Gasteiger charge is -2.23. The van der Waals surface area contributed by atoms with Gasteiger partial charge in [0.15, 0.2) is 0 Å². The zero-order chi connectivity index (χ0) is 21.3. The highest BCUT2D eigenvalue weighted by Gasteiger charge is 2.28. The monoisotopic (exact) mass is 414 g/mol. The maximum Gasteiger partial charge on any atom is 0.252 e. The van der Waals surface area contributed by atoms with Gasteiger partial charge in [0.2, 0.25) is 10.0 Å². The van der Waals surface area contributed by atoms with Gasteiger partial charge in [-0.3, -0.25) is 4.79 Å². The van der Waals surface area contributed by atoms with Crippen LogP contribution in [0.2, 0.25) is 0 Å². The minimum Gasteiger partial charge on any atom is -0.395 e. The van der Waals surface area contributed by atoms with E-state index in [1.54, 1.807) is 19.9 Å². The first-order valence-corrected chi connectivity index (χ1v) is 10.9. The van der Waals surface area contributed by atoms with Crippen molar-refractivity contribution in [3.05, 3.63) is 74.6 Å². The maximum atomic E-state index is 13.4. The SMILES string of the molecule is Cc1cc(C)c(S(=O)(=O)N(CCO)Cc2cc3ccc(C)cc3[nH]c2=O)c(C)c1. The molecule has 1 aromatic heterocycles. The second-order valence-corrected chi connectivity index (χ2v) is 9.38. The fourth-order valence-electron chi connectivity index (χ4n) is 3.77. The number of aromatic amines is 1. The molecule has 1 heterocycles. The predicted octanol–water partition coefficient (Wildman–Crippen LogP) is 2.94. The summed E-state index contributed by atoms with van der Waals surface area (Å²) in [5.41, 5.74) is 4.01. The van der Waals surface area contributed by atoms with Crippen LogP contribution in [0.1, 0.15) is 27.8 Å². The summed E-state index contributed by atoms with van der Waals surface area (Å²) < 4.78 is 28.0. The Morgan fingerprint density at radius 2 is 1.62 bits per heavy atom. The highest BCUT2D eigenvalue weighted by Crippen LogP contribution is 2.26. The van der Waals surface area contributed by atoms with Crippen molar-refractivity contribution in [1.29, 1.82) is 0 Å². The van der Waals surface area contributed by atoms with Crippen molar-refractivity contribution < 1.29 is 13.5 Å². The van der Waals surface area contributed by atoms with E-state index in [0.29, 0.717) is 22.2 Å². The average molecular weight is 415 g/mol. The van der Waals surface area contributed by atoms with Gasteiger partial charge >= 0.3 is 0 Å². The van der Waals surface area contributed by atoms with Crippen molar-refractivity contribution in [1.82, 2.24) is 9.29 Å². The number of hydrogen-bond donors (Lipinski definition) is 2. The minimum atomic E-state index is -3.90. The van der Waals surface area contributed by atoms with Gasteiger partial charge in [0, 0.05) is 24.2 Å². The first kappa shape index (κ1) is 21.2. The van der Waals surface area contributed by atoms with Crippen LogP contribution in [0.3, 0.4) is 0 Å². The molecule has 0 aliphatic heterocycles. The van der Waals surface area contributed by atoms with Crippen LogP contribution in [0.4, 0.5) is 0 Å². The molecule has 0 atom stereocenters. The van der Waals surface area contributed by atoms with Gasteiger partial charge < -0.3 is 10.1 Å². The maximum absolute atomic E-state index is 13.4. The van der Waals surface area contributed by atoms with E-state index in [0.717, 1.165) is 16.5 Å². The number of nitrogens with zero attached hydrogens (tertiary/aromatic N) is 1. The number of nitrogens with one attached hydrogen (secondary N) is 1. The van der Waals surface area contributed by atoms with Crippen LogP contribution < -0.4 is 5.56 Å². The van der Waals surface area contributed by atoms with Gasteiger partial charge in [-0.15, -0.1) is 0 Å². The molecule has 29 heavy (non-hydrogen) atoms. The van der Waals surface area contributed by atoms with Crippen molar-refractivity contribution in [3.8, 4) is 0 Å². The molecule has 0 spiro atoms. The van der Waals surface area contributed by atoms with Crippen molar-refractivity contribution in [2.24, 2.45) is 0 Å². The summed E-state index contributed by atoms with van der Waals surface area (Å²) in [5, 5.41) is 10.3. The summed E-state index contributed by atoms with van der Waals surface area (Å²) in [7, 11) is -3.90. The van der Waals surface area contributed by atoms with E-state index in [9.17, 15) is 18.3 Å². The minimum absolute atomic E-state index is 0.0968. The largest absolute Gasteiger partial charge is 0.395 e. The number of hydrogen-bond acceptors (Lipinski definition) is 4. The highest BCUT2D eigenvalue weighted by atomic mass is 32.2. The van der Waals surface area contributed by atoms with Gasteiger partial charge in [-0.1, -0.05) is 29.8 Å². The Hall–Kier alpha value is -2.48. The standard InChI is InChI=1S/C22H26N2O4S/c1-14-5-6-18-12-19(22(26)23-20(18)11-14)13-24(7-8-25)29(27,28)21-16(3)9-15(2)10-17(21)4/h5-6,9-12,25H,7-8,13H2,1-4H3,(H,23,26). The number of H-pyrrole nitrogens is 1. The number of aliphatic hydroxyl groups is 1. The third-order valence-corrected chi connectivity index (χ3v) is 7.13. The number of aryl methyl sites for hydroxylation is 4. The fraction of sp³-hybridized carbons (Fsp3) is 0.318. The van der Waals surface area contributed by atoms with Crippen molar-refractivity contribution in [2.75, 3.05) is 13.2 Å². The van der Waals surface area contributed by atoms with E-state index in [1.165, 1.54) is 4.31 Å². The van der Waals surface area contributed by atoms with Crippen LogP contribution in [0.15, 0.2) is 46.1 Å². The predicted molar refractivity (Wildman–Crippen MR) is 115 cm³/mol. The van der Waals surface area contributed by atoms with E-state index < -0.39 is 10.0 Å². The lowest BCUT2D eigenvalue weighted by Crippen LogP contribution is -2.35. The molecule has 0 saturated heterocycles. The fourth-order valence-corrected chi connectivity index (χ4v) is 5.59. The molecule has 0 amide bonds. The van der Waals surface area contributed by atoms with E-state index in [1.807, 2.05) is 44.2 Å². The molecule has 0 unspecified atom stereocenters. The summed E-state index contributed by atoms with van der Waals surface area (Å²) >= 11 is 0. The van der Waals surface area contributed by atoms with Gasteiger partial charge in [-0.25, -0.2) is 8.42 Å². The summed E-state index contributed by atoms with van der Waals surface area (Å²) in [6.45, 7) is 6.82. The first-order chi connectivity index (χ1) is 13.6. The second kappa shape index (κ2) is 8.10. The molecule has 0 radical (unpaired) electrons. The number of benzene rings is 2. The van der Waals surface area contributed by atoms with Crippen LogP contribution >= 0.6 is 0 Å². The molecular formula is C22H26N2O4S. The van der Waals surface area contributed by atoms with Crippen molar-refractivity contribution in [3.63, 3.8) is 0 Å². The Balaban J connectivity index is 2.07. The molecule has 2 aromatic carbocycles. The highest BCUT2D eigenvalue weighted by molar-refractivity contribution is 7.89. The third-order valence-electron chi connectivity index (χ3n) is 4.98. The number of aliphatic hydroxyl groups excluding tert-OH is 1. The molecule has 3 rings (SSSR count). The topological polar surface area (TPSA) is 90.5 Å². The number of fused-ring (bicyclic) bond motifs is 1. The molecule has 0 saturated carbocycles. The van der Waals surface area contributed by atoms with Gasteiger partial charge in [-0.2, -0.15) is 4.31 Å². The normalized spacial score (nSPS) is 12.1. The molecule has 7 heteroatoms. The summed E-state index contributed by atoms with van der Waals surface area (Å²) in [6, 6.07) is 11.1. The number of sulfonamides is 1. The van der Waals surface area contributed by atoms with Crippen LogP contribution in [-0.4, -0.2) is 36.0 Å². The Morgan fingerprint density at radius 3 is 2.24 bits per heavy atom. The molecule has 0 aliphatic rings. The van der Waals surface area contributed by atoms with Crippen LogP contribution in [0, 0.1) is 27.7 Å². The molecule has 0 bridgehead atoms. The molecule has 154 valence electrons. The lowest BCUT2D eigenvalue weighted by atomic mass is 10.1. The van der Waals surface area contributed by atoms with Gasteiger partial charge in [-0.05, 0) is 61.9 Å². The molecular weight excluding hydrogens is 388 g/mol. The smallest absolute Gasteiger partial charge is 0.252 e. The van der Waals surface area contributed by atoms with Gasteiger partial charge in [0.1, 0.15) is 0 Å². The molecule has 3 aromatic rings.